The van der Waals surface area contributed by atoms with Gasteiger partial charge in [0.25, 0.3) is 0 Å². The van der Waals surface area contributed by atoms with Gasteiger partial charge in [-0.05, 0) is 37.2 Å². The summed E-state index contributed by atoms with van der Waals surface area (Å²) in [5, 5.41) is 3.01. The number of carbonyl (C=O) groups excluding carboxylic acids is 1. The summed E-state index contributed by atoms with van der Waals surface area (Å²) in [6, 6.07) is 4.04. The van der Waals surface area contributed by atoms with Gasteiger partial charge in [-0.25, -0.2) is 4.79 Å². The summed E-state index contributed by atoms with van der Waals surface area (Å²) in [5.74, 6) is -0.434. The number of nitrogens with one attached hydrogen (secondary N) is 1. The largest absolute Gasteiger partial charge is 0.423 e. The minimum absolute atomic E-state index is 0.101. The molecule has 6 heteroatoms. The van der Waals surface area contributed by atoms with Crippen molar-refractivity contribution < 1.29 is 22.7 Å². The topological polar surface area (TPSA) is 38.3 Å². The standard InChI is InChI=1S/C13H12F3NO2/c14-13(15,16)10-3-5-11(6-4-10)19-12(18)9-2-1-7-17-8-9/h2-6,17H,1,7-8H2. The monoisotopic (exact) mass is 271 g/mol. The van der Waals surface area contributed by atoms with Crippen LogP contribution in [0.2, 0.25) is 0 Å². The van der Waals surface area contributed by atoms with Gasteiger partial charge in [0, 0.05) is 12.1 Å². The van der Waals surface area contributed by atoms with Gasteiger partial charge in [-0.2, -0.15) is 13.2 Å². The Morgan fingerprint density at radius 3 is 2.42 bits per heavy atom. The predicted octanol–water partition coefficient (Wildman–Crippen LogP) is 2.53. The molecule has 1 N–H and O–H groups in total. The van der Waals surface area contributed by atoms with E-state index in [1.807, 2.05) is 0 Å². The molecule has 0 saturated heterocycles. The number of rotatable bonds is 2. The van der Waals surface area contributed by atoms with E-state index in [9.17, 15) is 18.0 Å². The molecule has 0 amide bonds. The highest BCUT2D eigenvalue weighted by Gasteiger charge is 2.30. The average molecular weight is 271 g/mol. The van der Waals surface area contributed by atoms with Crippen molar-refractivity contribution in [3.63, 3.8) is 0 Å². The van der Waals surface area contributed by atoms with Crippen LogP contribution in [-0.4, -0.2) is 19.1 Å². The van der Waals surface area contributed by atoms with E-state index in [4.69, 9.17) is 4.74 Å². The van der Waals surface area contributed by atoms with E-state index in [0.29, 0.717) is 12.1 Å². The van der Waals surface area contributed by atoms with E-state index >= 15 is 0 Å². The number of hydrogen-bond donors (Lipinski definition) is 1. The van der Waals surface area contributed by atoms with Crippen molar-refractivity contribution in [2.75, 3.05) is 13.1 Å². The summed E-state index contributed by atoms with van der Waals surface area (Å²) in [6.07, 6.45) is -1.89. The Kier molecular flexibility index (Phi) is 3.90. The highest BCUT2D eigenvalue weighted by Crippen LogP contribution is 2.30. The van der Waals surface area contributed by atoms with Gasteiger partial charge in [-0.15, -0.1) is 0 Å². The fourth-order valence-electron chi connectivity index (χ4n) is 1.68. The number of alkyl halides is 3. The molecule has 0 aromatic heterocycles. The van der Waals surface area contributed by atoms with Crippen molar-refractivity contribution in [1.82, 2.24) is 5.32 Å². The van der Waals surface area contributed by atoms with Crippen LogP contribution in [0.3, 0.4) is 0 Å². The van der Waals surface area contributed by atoms with Crippen molar-refractivity contribution in [3.05, 3.63) is 41.5 Å². The van der Waals surface area contributed by atoms with Gasteiger partial charge in [0.05, 0.1) is 5.56 Å². The fourth-order valence-corrected chi connectivity index (χ4v) is 1.68. The first-order valence-corrected chi connectivity index (χ1v) is 5.76. The predicted molar refractivity (Wildman–Crippen MR) is 62.6 cm³/mol. The van der Waals surface area contributed by atoms with Crippen LogP contribution in [-0.2, 0) is 11.0 Å². The Labute approximate surface area is 108 Å². The molecule has 0 bridgehead atoms. The second-order valence-electron chi connectivity index (χ2n) is 4.11. The van der Waals surface area contributed by atoms with Crippen LogP contribution in [0, 0.1) is 0 Å². The van der Waals surface area contributed by atoms with Gasteiger partial charge < -0.3 is 10.1 Å². The van der Waals surface area contributed by atoms with E-state index in [-0.39, 0.29) is 5.75 Å². The van der Waals surface area contributed by atoms with Gasteiger partial charge in [0.2, 0.25) is 0 Å². The Hall–Kier alpha value is -1.82. The van der Waals surface area contributed by atoms with Gasteiger partial charge >= 0.3 is 12.1 Å². The van der Waals surface area contributed by atoms with Crippen molar-refractivity contribution in [1.29, 1.82) is 0 Å². The molecule has 102 valence electrons. The molecule has 1 aromatic carbocycles. The number of halogens is 3. The lowest BCUT2D eigenvalue weighted by atomic mass is 10.1. The smallest absolute Gasteiger partial charge is 0.416 e. The van der Waals surface area contributed by atoms with Crippen molar-refractivity contribution in [3.8, 4) is 5.75 Å². The van der Waals surface area contributed by atoms with Gasteiger partial charge in [-0.3, -0.25) is 0 Å². The Balaban J connectivity index is 2.03. The number of esters is 1. The Morgan fingerprint density at radius 2 is 1.89 bits per heavy atom. The molecule has 1 heterocycles. The molecule has 0 spiro atoms. The van der Waals surface area contributed by atoms with Crippen molar-refractivity contribution in [2.45, 2.75) is 12.6 Å². The first-order valence-electron chi connectivity index (χ1n) is 5.76. The minimum atomic E-state index is -4.39. The maximum absolute atomic E-state index is 12.3. The zero-order chi connectivity index (χ0) is 13.9. The van der Waals surface area contributed by atoms with E-state index in [1.165, 1.54) is 0 Å². The summed E-state index contributed by atoms with van der Waals surface area (Å²) < 4.78 is 42.1. The van der Waals surface area contributed by atoms with E-state index < -0.39 is 17.7 Å². The third-order valence-electron chi connectivity index (χ3n) is 2.68. The Bertz CT molecular complexity index is 492. The van der Waals surface area contributed by atoms with Crippen LogP contribution in [0.25, 0.3) is 0 Å². The maximum Gasteiger partial charge on any atom is 0.416 e. The molecule has 0 atom stereocenters. The first kappa shape index (κ1) is 13.6. The molecular formula is C13H12F3NO2. The molecule has 2 rings (SSSR count). The molecular weight excluding hydrogens is 259 g/mol. The zero-order valence-corrected chi connectivity index (χ0v) is 9.96. The summed E-state index contributed by atoms with van der Waals surface area (Å²) in [7, 11) is 0. The third-order valence-corrected chi connectivity index (χ3v) is 2.68. The van der Waals surface area contributed by atoms with Crippen LogP contribution < -0.4 is 10.1 Å². The van der Waals surface area contributed by atoms with Crippen molar-refractivity contribution >= 4 is 5.97 Å². The summed E-state index contributed by atoms with van der Waals surface area (Å²) in [5.41, 5.74) is -0.281. The molecule has 3 nitrogen and oxygen atoms in total. The van der Waals surface area contributed by atoms with Crippen LogP contribution in [0.1, 0.15) is 12.0 Å². The summed E-state index contributed by atoms with van der Waals surface area (Å²) in [4.78, 5) is 11.7. The molecule has 0 fully saturated rings. The molecule has 19 heavy (non-hydrogen) atoms. The average Bonchev–Trinajstić information content (AvgIpc) is 2.39. The number of hydrogen-bond acceptors (Lipinski definition) is 3. The van der Waals surface area contributed by atoms with E-state index in [1.54, 1.807) is 6.08 Å². The van der Waals surface area contributed by atoms with Crippen LogP contribution in [0.15, 0.2) is 35.9 Å². The second kappa shape index (κ2) is 5.44. The summed E-state index contributed by atoms with van der Waals surface area (Å²) in [6.45, 7) is 1.22. The maximum atomic E-state index is 12.3. The lowest BCUT2D eigenvalue weighted by Crippen LogP contribution is -2.28. The fraction of sp³-hybridized carbons (Fsp3) is 0.308. The second-order valence-corrected chi connectivity index (χ2v) is 4.11. The highest BCUT2D eigenvalue weighted by molar-refractivity contribution is 5.90. The van der Waals surface area contributed by atoms with E-state index in [2.05, 4.69) is 5.32 Å². The first-order chi connectivity index (χ1) is 8.97. The quantitative estimate of drug-likeness (QED) is 0.663. The lowest BCUT2D eigenvalue weighted by Gasteiger charge is -2.13. The lowest BCUT2D eigenvalue weighted by molar-refractivity contribution is -0.137. The molecule has 1 aliphatic rings. The Morgan fingerprint density at radius 1 is 1.21 bits per heavy atom. The van der Waals surface area contributed by atoms with E-state index in [0.717, 1.165) is 37.2 Å². The van der Waals surface area contributed by atoms with Gasteiger partial charge in [-0.1, -0.05) is 6.08 Å². The third kappa shape index (κ3) is 3.57. The molecule has 0 aliphatic carbocycles. The van der Waals surface area contributed by atoms with Crippen LogP contribution in [0.4, 0.5) is 13.2 Å². The summed E-state index contributed by atoms with van der Waals surface area (Å²) >= 11 is 0. The van der Waals surface area contributed by atoms with Crippen LogP contribution in [0.5, 0.6) is 5.75 Å². The number of benzene rings is 1. The van der Waals surface area contributed by atoms with Gasteiger partial charge in [0.15, 0.2) is 0 Å². The SMILES string of the molecule is O=C(Oc1ccc(C(F)(F)F)cc1)C1=CCCNC1. The number of carbonyl (C=O) groups is 1. The molecule has 0 radical (unpaired) electrons. The molecule has 1 aliphatic heterocycles. The molecule has 0 unspecified atom stereocenters. The van der Waals surface area contributed by atoms with Crippen LogP contribution >= 0.6 is 0 Å². The van der Waals surface area contributed by atoms with Crippen molar-refractivity contribution in [2.24, 2.45) is 0 Å². The number of ether oxygens (including phenoxy) is 1. The highest BCUT2D eigenvalue weighted by atomic mass is 19.4. The molecule has 1 aromatic rings. The molecule has 0 saturated carbocycles. The minimum Gasteiger partial charge on any atom is -0.423 e. The zero-order valence-electron chi connectivity index (χ0n) is 9.96. The van der Waals surface area contributed by atoms with Gasteiger partial charge in [0.1, 0.15) is 5.75 Å². The normalized spacial score (nSPS) is 15.8.